The summed E-state index contributed by atoms with van der Waals surface area (Å²) in [6.45, 7) is 5.82. The summed E-state index contributed by atoms with van der Waals surface area (Å²) in [5.74, 6) is -1.12. The maximum atomic E-state index is 12.2. The number of hydrogen-bond acceptors (Lipinski definition) is 3. The van der Waals surface area contributed by atoms with E-state index in [2.05, 4.69) is 0 Å². The Labute approximate surface area is 127 Å². The molecule has 0 saturated heterocycles. The van der Waals surface area contributed by atoms with Crippen molar-refractivity contribution >= 4 is 40.9 Å². The summed E-state index contributed by atoms with van der Waals surface area (Å²) in [6, 6.07) is 3.60. The highest BCUT2D eigenvalue weighted by molar-refractivity contribution is 7.17. The molecule has 6 heteroatoms. The molecule has 0 spiro atoms. The summed E-state index contributed by atoms with van der Waals surface area (Å²) in [5.41, 5.74) is -0.427. The fourth-order valence-corrected chi connectivity index (χ4v) is 2.61. The van der Waals surface area contributed by atoms with Crippen molar-refractivity contribution in [2.24, 2.45) is 0 Å². The van der Waals surface area contributed by atoms with Gasteiger partial charge in [0.05, 0.1) is 10.8 Å². The first-order valence-electron chi connectivity index (χ1n) is 6.17. The second kappa shape index (κ2) is 6.90. The standard InChI is InChI=1S/C14H18ClNO3S/c1-14(2,3)16(9-8-13(18)19)12(17)7-5-10-4-6-11(15)20-10/h4-7H,8-9H2,1-3H3,(H,18,19)/b7-5+. The fourth-order valence-electron chi connectivity index (χ4n) is 1.64. The molecule has 0 aliphatic carbocycles. The number of carbonyl (C=O) groups is 2. The van der Waals surface area contributed by atoms with Crippen LogP contribution < -0.4 is 0 Å². The van der Waals surface area contributed by atoms with Gasteiger partial charge < -0.3 is 10.0 Å². The van der Waals surface area contributed by atoms with Crippen LogP contribution in [0.4, 0.5) is 0 Å². The molecule has 0 aromatic carbocycles. The largest absolute Gasteiger partial charge is 0.481 e. The number of thiophene rings is 1. The number of carboxylic acid groups (broad SMARTS) is 1. The molecule has 0 saturated carbocycles. The predicted molar refractivity (Wildman–Crippen MR) is 82.1 cm³/mol. The summed E-state index contributed by atoms with van der Waals surface area (Å²) < 4.78 is 0.663. The van der Waals surface area contributed by atoms with E-state index < -0.39 is 11.5 Å². The first kappa shape index (κ1) is 16.7. The van der Waals surface area contributed by atoms with Crippen LogP contribution in [0.2, 0.25) is 4.34 Å². The van der Waals surface area contributed by atoms with Crippen LogP contribution in [-0.2, 0) is 9.59 Å². The monoisotopic (exact) mass is 315 g/mol. The lowest BCUT2D eigenvalue weighted by Gasteiger charge is -2.34. The number of amides is 1. The Morgan fingerprint density at radius 2 is 2.05 bits per heavy atom. The molecule has 1 aromatic rings. The molecule has 0 radical (unpaired) electrons. The van der Waals surface area contributed by atoms with Gasteiger partial charge in [0, 0.05) is 23.0 Å². The maximum Gasteiger partial charge on any atom is 0.305 e. The lowest BCUT2D eigenvalue weighted by Crippen LogP contribution is -2.45. The first-order valence-corrected chi connectivity index (χ1v) is 7.36. The summed E-state index contributed by atoms with van der Waals surface area (Å²) in [4.78, 5) is 25.3. The van der Waals surface area contributed by atoms with Crippen molar-refractivity contribution in [2.75, 3.05) is 6.54 Å². The van der Waals surface area contributed by atoms with Crippen molar-refractivity contribution < 1.29 is 14.7 Å². The third-order valence-corrected chi connectivity index (χ3v) is 3.81. The van der Waals surface area contributed by atoms with Crippen molar-refractivity contribution in [3.63, 3.8) is 0 Å². The second-order valence-corrected chi connectivity index (χ2v) is 7.03. The average molecular weight is 316 g/mol. The molecular formula is C14H18ClNO3S. The third-order valence-electron chi connectivity index (χ3n) is 2.61. The Morgan fingerprint density at radius 3 is 2.50 bits per heavy atom. The van der Waals surface area contributed by atoms with E-state index in [1.807, 2.05) is 26.8 Å². The molecule has 0 fully saturated rings. The minimum absolute atomic E-state index is 0.0678. The smallest absolute Gasteiger partial charge is 0.305 e. The van der Waals surface area contributed by atoms with Gasteiger partial charge in [0.25, 0.3) is 0 Å². The molecule has 1 heterocycles. The predicted octanol–water partition coefficient (Wildman–Crippen LogP) is 3.52. The number of carbonyl (C=O) groups excluding carboxylic acids is 1. The van der Waals surface area contributed by atoms with Crippen LogP contribution in [0.3, 0.4) is 0 Å². The number of halogens is 1. The average Bonchev–Trinajstić information content (AvgIpc) is 2.70. The number of nitrogens with zero attached hydrogens (tertiary/aromatic N) is 1. The molecule has 0 bridgehead atoms. The van der Waals surface area contributed by atoms with E-state index >= 15 is 0 Å². The van der Waals surface area contributed by atoms with Gasteiger partial charge in [0.1, 0.15) is 0 Å². The zero-order valence-electron chi connectivity index (χ0n) is 11.7. The lowest BCUT2D eigenvalue weighted by molar-refractivity contribution is -0.139. The summed E-state index contributed by atoms with van der Waals surface area (Å²) in [5, 5.41) is 8.75. The molecule has 4 nitrogen and oxygen atoms in total. The highest BCUT2D eigenvalue weighted by Crippen LogP contribution is 2.23. The van der Waals surface area contributed by atoms with Gasteiger partial charge in [0.15, 0.2) is 0 Å². The van der Waals surface area contributed by atoms with Crippen LogP contribution >= 0.6 is 22.9 Å². The second-order valence-electron chi connectivity index (χ2n) is 5.28. The van der Waals surface area contributed by atoms with Gasteiger partial charge in [-0.1, -0.05) is 11.6 Å². The highest BCUT2D eigenvalue weighted by Gasteiger charge is 2.25. The SMILES string of the molecule is CC(C)(C)N(CCC(=O)O)C(=O)/C=C/c1ccc(Cl)s1. The highest BCUT2D eigenvalue weighted by atomic mass is 35.5. The van der Waals surface area contributed by atoms with Gasteiger partial charge in [-0.05, 0) is 39.0 Å². The topological polar surface area (TPSA) is 57.6 Å². The van der Waals surface area contributed by atoms with Gasteiger partial charge in [-0.15, -0.1) is 11.3 Å². The van der Waals surface area contributed by atoms with Crippen molar-refractivity contribution in [3.8, 4) is 0 Å². The number of rotatable bonds is 5. The van der Waals surface area contributed by atoms with Crippen LogP contribution in [0.1, 0.15) is 32.1 Å². The molecule has 20 heavy (non-hydrogen) atoms. The van der Waals surface area contributed by atoms with E-state index in [1.165, 1.54) is 17.4 Å². The zero-order chi connectivity index (χ0) is 15.3. The van der Waals surface area contributed by atoms with E-state index in [9.17, 15) is 9.59 Å². The molecule has 0 unspecified atom stereocenters. The number of carboxylic acids is 1. The Bertz CT molecular complexity index is 517. The maximum absolute atomic E-state index is 12.2. The molecule has 1 amide bonds. The van der Waals surface area contributed by atoms with Crippen molar-refractivity contribution in [1.82, 2.24) is 4.90 Å². The quantitative estimate of drug-likeness (QED) is 0.846. The van der Waals surface area contributed by atoms with Crippen LogP contribution in [0, 0.1) is 0 Å². The van der Waals surface area contributed by atoms with Crippen LogP contribution in [0.5, 0.6) is 0 Å². The molecule has 1 rings (SSSR count). The molecule has 0 aliphatic heterocycles. The summed E-state index contributed by atoms with van der Waals surface area (Å²) >= 11 is 7.20. The van der Waals surface area contributed by atoms with Gasteiger partial charge in [-0.2, -0.15) is 0 Å². The van der Waals surface area contributed by atoms with Crippen molar-refractivity contribution in [3.05, 3.63) is 27.4 Å². The van der Waals surface area contributed by atoms with E-state index in [1.54, 1.807) is 17.0 Å². The van der Waals surface area contributed by atoms with Crippen LogP contribution in [0.15, 0.2) is 18.2 Å². The van der Waals surface area contributed by atoms with E-state index in [0.717, 1.165) is 4.88 Å². The summed E-state index contributed by atoms with van der Waals surface area (Å²) in [6.07, 6.45) is 3.08. The minimum Gasteiger partial charge on any atom is -0.481 e. The van der Waals surface area contributed by atoms with Gasteiger partial charge in [0.2, 0.25) is 5.91 Å². The lowest BCUT2D eigenvalue weighted by atomic mass is 10.1. The van der Waals surface area contributed by atoms with Crippen LogP contribution in [0.25, 0.3) is 6.08 Å². The van der Waals surface area contributed by atoms with Gasteiger partial charge in [-0.3, -0.25) is 9.59 Å². The molecule has 110 valence electrons. The van der Waals surface area contributed by atoms with E-state index in [0.29, 0.717) is 4.34 Å². The molecule has 0 aliphatic rings. The molecule has 1 aromatic heterocycles. The van der Waals surface area contributed by atoms with Crippen LogP contribution in [-0.4, -0.2) is 34.0 Å². The Hall–Kier alpha value is -1.33. The summed E-state index contributed by atoms with van der Waals surface area (Å²) in [7, 11) is 0. The first-order chi connectivity index (χ1) is 9.20. The molecule has 0 atom stereocenters. The van der Waals surface area contributed by atoms with Crippen molar-refractivity contribution in [1.29, 1.82) is 0 Å². The Morgan fingerprint density at radius 1 is 1.40 bits per heavy atom. The minimum atomic E-state index is -0.916. The Balaban J connectivity index is 2.77. The van der Waals surface area contributed by atoms with Gasteiger partial charge in [-0.25, -0.2) is 0 Å². The zero-order valence-corrected chi connectivity index (χ0v) is 13.3. The molecular weight excluding hydrogens is 298 g/mol. The van der Waals surface area contributed by atoms with E-state index in [-0.39, 0.29) is 18.9 Å². The Kier molecular flexibility index (Phi) is 5.77. The normalized spacial score (nSPS) is 11.8. The number of hydrogen-bond donors (Lipinski definition) is 1. The van der Waals surface area contributed by atoms with Gasteiger partial charge >= 0.3 is 5.97 Å². The van der Waals surface area contributed by atoms with E-state index in [4.69, 9.17) is 16.7 Å². The number of aliphatic carboxylic acids is 1. The third kappa shape index (κ3) is 5.35. The molecule has 1 N–H and O–H groups in total. The fraction of sp³-hybridized carbons (Fsp3) is 0.429. The van der Waals surface area contributed by atoms with Crippen molar-refractivity contribution in [2.45, 2.75) is 32.7 Å².